The number of benzene rings is 3. The Morgan fingerprint density at radius 1 is 1.07 bits per heavy atom. The first-order valence-corrected chi connectivity index (χ1v) is 9.27. The highest BCUT2D eigenvalue weighted by molar-refractivity contribution is 5.91. The molecule has 0 aromatic heterocycles. The number of halogens is 1. The standard InChI is InChI=1S/C23H23FN2O3/c1-16-7-12-20(22(13-16)29-15-17-5-3-2-4-6-17)26-23(28)25-14-21(27)18-8-10-19(24)11-9-18/h2-13,21,27H,14-15H2,1H3,(H2,25,26,28). The van der Waals surface area contributed by atoms with Crippen molar-refractivity contribution in [3.63, 3.8) is 0 Å². The number of carbonyl (C=O) groups is 1. The van der Waals surface area contributed by atoms with Gasteiger partial charge in [-0.15, -0.1) is 0 Å². The van der Waals surface area contributed by atoms with Gasteiger partial charge in [-0.25, -0.2) is 9.18 Å². The summed E-state index contributed by atoms with van der Waals surface area (Å²) < 4.78 is 18.9. The Labute approximate surface area is 169 Å². The average Bonchev–Trinajstić information content (AvgIpc) is 2.73. The molecule has 6 heteroatoms. The van der Waals surface area contributed by atoms with Crippen LogP contribution >= 0.6 is 0 Å². The number of anilines is 1. The summed E-state index contributed by atoms with van der Waals surface area (Å²) in [7, 11) is 0. The van der Waals surface area contributed by atoms with Gasteiger partial charge < -0.3 is 20.5 Å². The molecule has 0 saturated carbocycles. The molecule has 0 bridgehead atoms. The molecule has 0 heterocycles. The maximum Gasteiger partial charge on any atom is 0.319 e. The number of urea groups is 1. The molecule has 0 saturated heterocycles. The predicted molar refractivity (Wildman–Crippen MR) is 110 cm³/mol. The third kappa shape index (κ3) is 6.05. The Morgan fingerprint density at radius 3 is 2.52 bits per heavy atom. The molecule has 2 amide bonds. The van der Waals surface area contributed by atoms with Crippen molar-refractivity contribution >= 4 is 11.7 Å². The van der Waals surface area contributed by atoms with Crippen LogP contribution in [0, 0.1) is 12.7 Å². The minimum atomic E-state index is -0.937. The highest BCUT2D eigenvalue weighted by atomic mass is 19.1. The number of aliphatic hydroxyl groups is 1. The second kappa shape index (κ2) is 9.71. The molecular weight excluding hydrogens is 371 g/mol. The maximum absolute atomic E-state index is 13.0. The molecule has 0 aliphatic rings. The van der Waals surface area contributed by atoms with E-state index in [1.165, 1.54) is 24.3 Å². The molecule has 3 aromatic rings. The van der Waals surface area contributed by atoms with Crippen molar-refractivity contribution in [2.45, 2.75) is 19.6 Å². The van der Waals surface area contributed by atoms with Crippen LogP contribution in [0.3, 0.4) is 0 Å². The molecule has 5 nitrogen and oxygen atoms in total. The van der Waals surface area contributed by atoms with Crippen LogP contribution in [0.15, 0.2) is 72.8 Å². The first-order valence-electron chi connectivity index (χ1n) is 9.27. The first kappa shape index (κ1) is 20.4. The Hall–Kier alpha value is -3.38. The highest BCUT2D eigenvalue weighted by Gasteiger charge is 2.12. The van der Waals surface area contributed by atoms with Gasteiger partial charge in [0.05, 0.1) is 11.8 Å². The summed E-state index contributed by atoms with van der Waals surface area (Å²) in [6, 6.07) is 20.3. The fourth-order valence-electron chi connectivity index (χ4n) is 2.75. The number of hydrogen-bond acceptors (Lipinski definition) is 3. The van der Waals surface area contributed by atoms with Crippen molar-refractivity contribution in [3.8, 4) is 5.75 Å². The molecule has 0 radical (unpaired) electrons. The second-order valence-corrected chi connectivity index (χ2v) is 6.68. The molecule has 3 aromatic carbocycles. The number of aliphatic hydroxyl groups excluding tert-OH is 1. The highest BCUT2D eigenvalue weighted by Crippen LogP contribution is 2.26. The molecule has 150 valence electrons. The first-order chi connectivity index (χ1) is 14.0. The van der Waals surface area contributed by atoms with E-state index < -0.39 is 12.1 Å². The van der Waals surface area contributed by atoms with Crippen molar-refractivity contribution in [2.24, 2.45) is 0 Å². The van der Waals surface area contributed by atoms with Crippen LogP contribution in [0.2, 0.25) is 0 Å². The van der Waals surface area contributed by atoms with Gasteiger partial charge in [-0.2, -0.15) is 0 Å². The topological polar surface area (TPSA) is 70.6 Å². The van der Waals surface area contributed by atoms with E-state index in [9.17, 15) is 14.3 Å². The Kier molecular flexibility index (Phi) is 6.81. The average molecular weight is 394 g/mol. The predicted octanol–water partition coefficient (Wildman–Crippen LogP) is 4.57. The van der Waals surface area contributed by atoms with Gasteiger partial charge in [-0.3, -0.25) is 0 Å². The zero-order valence-electron chi connectivity index (χ0n) is 16.1. The van der Waals surface area contributed by atoms with Crippen LogP contribution in [-0.2, 0) is 6.61 Å². The van der Waals surface area contributed by atoms with Gasteiger partial charge in [0, 0.05) is 6.54 Å². The SMILES string of the molecule is Cc1ccc(NC(=O)NCC(O)c2ccc(F)cc2)c(OCc2ccccc2)c1. The van der Waals surface area contributed by atoms with E-state index in [2.05, 4.69) is 10.6 Å². The van der Waals surface area contributed by atoms with Gasteiger partial charge in [-0.05, 0) is 47.9 Å². The third-order valence-corrected chi connectivity index (χ3v) is 4.33. The molecule has 3 rings (SSSR count). The zero-order chi connectivity index (χ0) is 20.6. The maximum atomic E-state index is 13.0. The van der Waals surface area contributed by atoms with Gasteiger partial charge in [0.15, 0.2) is 0 Å². The van der Waals surface area contributed by atoms with Crippen LogP contribution in [0.5, 0.6) is 5.75 Å². The minimum Gasteiger partial charge on any atom is -0.487 e. The lowest BCUT2D eigenvalue weighted by atomic mass is 10.1. The number of aryl methyl sites for hydroxylation is 1. The van der Waals surface area contributed by atoms with Gasteiger partial charge in [0.1, 0.15) is 18.2 Å². The van der Waals surface area contributed by atoms with Crippen LogP contribution < -0.4 is 15.4 Å². The van der Waals surface area contributed by atoms with E-state index in [1.54, 1.807) is 6.07 Å². The number of hydrogen-bond donors (Lipinski definition) is 3. The molecule has 0 aliphatic heterocycles. The Morgan fingerprint density at radius 2 is 1.79 bits per heavy atom. The molecule has 0 aliphatic carbocycles. The van der Waals surface area contributed by atoms with Gasteiger partial charge in [0.2, 0.25) is 0 Å². The smallest absolute Gasteiger partial charge is 0.319 e. The van der Waals surface area contributed by atoms with Crippen molar-refractivity contribution < 1.29 is 19.0 Å². The van der Waals surface area contributed by atoms with E-state index in [0.29, 0.717) is 23.6 Å². The summed E-state index contributed by atoms with van der Waals surface area (Å²) in [5.41, 5.74) is 3.08. The van der Waals surface area contributed by atoms with Crippen LogP contribution in [-0.4, -0.2) is 17.7 Å². The summed E-state index contributed by atoms with van der Waals surface area (Å²) in [4.78, 5) is 12.3. The number of rotatable bonds is 7. The molecule has 0 spiro atoms. The van der Waals surface area contributed by atoms with E-state index >= 15 is 0 Å². The van der Waals surface area contributed by atoms with Gasteiger partial charge in [-0.1, -0.05) is 48.5 Å². The van der Waals surface area contributed by atoms with Crippen molar-refractivity contribution in [1.82, 2.24) is 5.32 Å². The minimum absolute atomic E-state index is 0.0104. The Bertz CT molecular complexity index is 946. The molecule has 29 heavy (non-hydrogen) atoms. The van der Waals surface area contributed by atoms with E-state index in [0.717, 1.165) is 11.1 Å². The van der Waals surface area contributed by atoms with E-state index in [1.807, 2.05) is 49.4 Å². The van der Waals surface area contributed by atoms with Crippen molar-refractivity contribution in [1.29, 1.82) is 0 Å². The molecule has 3 N–H and O–H groups in total. The summed E-state index contributed by atoms with van der Waals surface area (Å²) in [5, 5.41) is 15.5. The van der Waals surface area contributed by atoms with Crippen LogP contribution in [0.4, 0.5) is 14.9 Å². The van der Waals surface area contributed by atoms with Crippen LogP contribution in [0.1, 0.15) is 22.8 Å². The largest absolute Gasteiger partial charge is 0.487 e. The quantitative estimate of drug-likeness (QED) is 0.550. The number of ether oxygens (including phenoxy) is 1. The number of carbonyl (C=O) groups excluding carboxylic acids is 1. The third-order valence-electron chi connectivity index (χ3n) is 4.33. The number of nitrogens with one attached hydrogen (secondary N) is 2. The summed E-state index contributed by atoms with van der Waals surface area (Å²) >= 11 is 0. The zero-order valence-corrected chi connectivity index (χ0v) is 16.1. The lowest BCUT2D eigenvalue weighted by Crippen LogP contribution is -2.32. The molecule has 1 atom stereocenters. The van der Waals surface area contributed by atoms with E-state index in [-0.39, 0.29) is 12.4 Å². The lowest BCUT2D eigenvalue weighted by molar-refractivity contribution is 0.175. The summed E-state index contributed by atoms with van der Waals surface area (Å²) in [5.74, 6) is 0.178. The molecule has 0 fully saturated rings. The fraction of sp³-hybridized carbons (Fsp3) is 0.174. The van der Waals surface area contributed by atoms with Crippen molar-refractivity contribution in [3.05, 3.63) is 95.3 Å². The lowest BCUT2D eigenvalue weighted by Gasteiger charge is -2.16. The normalized spacial score (nSPS) is 11.6. The van der Waals surface area contributed by atoms with Gasteiger partial charge in [0.25, 0.3) is 0 Å². The van der Waals surface area contributed by atoms with Crippen molar-refractivity contribution in [2.75, 3.05) is 11.9 Å². The van der Waals surface area contributed by atoms with E-state index in [4.69, 9.17) is 4.74 Å². The second-order valence-electron chi connectivity index (χ2n) is 6.68. The Balaban J connectivity index is 1.58. The molecule has 1 unspecified atom stereocenters. The summed E-state index contributed by atoms with van der Waals surface area (Å²) in [6.45, 7) is 2.31. The van der Waals surface area contributed by atoms with Gasteiger partial charge >= 0.3 is 6.03 Å². The van der Waals surface area contributed by atoms with Crippen LogP contribution in [0.25, 0.3) is 0 Å². The number of amides is 2. The fourth-order valence-corrected chi connectivity index (χ4v) is 2.75. The monoisotopic (exact) mass is 394 g/mol. The molecular formula is C23H23FN2O3. The summed E-state index contributed by atoms with van der Waals surface area (Å²) in [6.07, 6.45) is -0.937.